The van der Waals surface area contributed by atoms with Crippen LogP contribution < -0.4 is 0 Å². The highest BCUT2D eigenvalue weighted by molar-refractivity contribution is 6.22. The molecule has 0 bridgehead atoms. The predicted molar refractivity (Wildman–Crippen MR) is 53.5 cm³/mol. The Hall–Kier alpha value is -1.40. The molecular formula is C9H15NO5. The van der Waals surface area contributed by atoms with Crippen LogP contribution in [0.3, 0.4) is 0 Å². The number of hydrogen-bond donors (Lipinski definition) is 1. The predicted octanol–water partition coefficient (Wildman–Crippen LogP) is -0.275. The number of carbonyl (C=O) groups excluding carboxylic acids is 1. The molecule has 86 valence electrons. The van der Waals surface area contributed by atoms with Crippen LogP contribution in [0.4, 0.5) is 0 Å². The first-order valence-corrected chi connectivity index (χ1v) is 4.30. The van der Waals surface area contributed by atoms with Gasteiger partial charge in [0.25, 0.3) is 0 Å². The molecule has 0 aromatic rings. The summed E-state index contributed by atoms with van der Waals surface area (Å²) in [5, 5.41) is 12.4. The second-order valence-electron chi connectivity index (χ2n) is 2.53. The lowest BCUT2D eigenvalue weighted by Crippen LogP contribution is -2.24. The Bertz CT molecular complexity index is 217. The van der Waals surface area contributed by atoms with E-state index in [1.807, 2.05) is 0 Å². The van der Waals surface area contributed by atoms with Crippen LogP contribution in [0.25, 0.3) is 0 Å². The van der Waals surface area contributed by atoms with Gasteiger partial charge in [-0.25, -0.2) is 4.79 Å². The van der Waals surface area contributed by atoms with E-state index in [1.165, 1.54) is 7.11 Å². The molecule has 0 heterocycles. The number of carbonyl (C=O) groups is 1. The van der Waals surface area contributed by atoms with Gasteiger partial charge in [-0.05, 0) is 0 Å². The van der Waals surface area contributed by atoms with Gasteiger partial charge in [-0.3, -0.25) is 0 Å². The van der Waals surface area contributed by atoms with Crippen molar-refractivity contribution in [3.8, 4) is 0 Å². The van der Waals surface area contributed by atoms with Gasteiger partial charge in [0.15, 0.2) is 6.21 Å². The molecule has 1 N–H and O–H groups in total. The lowest BCUT2D eigenvalue weighted by molar-refractivity contribution is -0.139. The third-order valence-corrected chi connectivity index (χ3v) is 1.23. The van der Waals surface area contributed by atoms with Gasteiger partial charge in [0.1, 0.15) is 19.8 Å². The van der Waals surface area contributed by atoms with Crippen LogP contribution in [-0.2, 0) is 19.1 Å². The number of rotatable bonds is 8. The molecule has 0 aromatic heterocycles. The van der Waals surface area contributed by atoms with Crippen LogP contribution in [0.1, 0.15) is 0 Å². The van der Waals surface area contributed by atoms with Crippen molar-refractivity contribution in [1.29, 1.82) is 0 Å². The minimum atomic E-state index is -0.857. The number of esters is 1. The molecule has 0 aromatic carbocycles. The minimum Gasteiger partial charge on any atom is -0.458 e. The van der Waals surface area contributed by atoms with E-state index in [-0.39, 0.29) is 13.2 Å². The number of hydrogen-bond acceptors (Lipinski definition) is 6. The van der Waals surface area contributed by atoms with Crippen molar-refractivity contribution in [2.75, 3.05) is 26.9 Å². The maximum atomic E-state index is 10.8. The van der Waals surface area contributed by atoms with Gasteiger partial charge in [-0.2, -0.15) is 0 Å². The molecule has 6 heteroatoms. The number of aliphatic hydroxyl groups is 1. The Balaban J connectivity index is 3.52. The SMILES string of the molecule is C=CCOCC(O)COC(=O)C=NOC. The Morgan fingerprint density at radius 2 is 2.33 bits per heavy atom. The Morgan fingerprint density at radius 3 is 2.93 bits per heavy atom. The van der Waals surface area contributed by atoms with Gasteiger partial charge in [0, 0.05) is 0 Å². The van der Waals surface area contributed by atoms with Crippen molar-refractivity contribution < 1.29 is 24.2 Å². The monoisotopic (exact) mass is 217 g/mol. The first-order chi connectivity index (χ1) is 7.20. The number of ether oxygens (including phenoxy) is 2. The molecule has 0 fully saturated rings. The van der Waals surface area contributed by atoms with Gasteiger partial charge >= 0.3 is 5.97 Å². The lowest BCUT2D eigenvalue weighted by atomic mass is 10.4. The van der Waals surface area contributed by atoms with E-state index < -0.39 is 12.1 Å². The third-order valence-electron chi connectivity index (χ3n) is 1.23. The molecule has 0 spiro atoms. The van der Waals surface area contributed by atoms with Crippen molar-refractivity contribution in [1.82, 2.24) is 0 Å². The average Bonchev–Trinajstić information content (AvgIpc) is 2.24. The molecule has 0 radical (unpaired) electrons. The van der Waals surface area contributed by atoms with Crippen LogP contribution >= 0.6 is 0 Å². The molecular weight excluding hydrogens is 202 g/mol. The summed E-state index contributed by atoms with van der Waals surface area (Å²) in [4.78, 5) is 15.1. The largest absolute Gasteiger partial charge is 0.458 e. The molecule has 0 saturated carbocycles. The first-order valence-electron chi connectivity index (χ1n) is 4.30. The lowest BCUT2D eigenvalue weighted by Gasteiger charge is -2.09. The quantitative estimate of drug-likeness (QED) is 0.199. The first kappa shape index (κ1) is 13.6. The van der Waals surface area contributed by atoms with Crippen molar-refractivity contribution >= 4 is 12.2 Å². The fourth-order valence-corrected chi connectivity index (χ4v) is 0.647. The summed E-state index contributed by atoms with van der Waals surface area (Å²) in [6.07, 6.45) is 1.58. The zero-order valence-electron chi connectivity index (χ0n) is 8.59. The van der Waals surface area contributed by atoms with Crippen LogP contribution in [0.15, 0.2) is 17.8 Å². The van der Waals surface area contributed by atoms with Crippen LogP contribution in [0.2, 0.25) is 0 Å². The molecule has 15 heavy (non-hydrogen) atoms. The van der Waals surface area contributed by atoms with Gasteiger partial charge in [-0.15, -0.1) is 6.58 Å². The summed E-state index contributed by atoms with van der Waals surface area (Å²) in [5.74, 6) is -0.681. The van der Waals surface area contributed by atoms with E-state index in [0.29, 0.717) is 6.61 Å². The molecule has 1 atom stereocenters. The van der Waals surface area contributed by atoms with Gasteiger partial charge in [-0.1, -0.05) is 11.2 Å². The van der Waals surface area contributed by atoms with E-state index in [0.717, 1.165) is 6.21 Å². The Morgan fingerprint density at radius 1 is 1.60 bits per heavy atom. The van der Waals surface area contributed by atoms with Crippen LogP contribution in [-0.4, -0.2) is 50.3 Å². The maximum absolute atomic E-state index is 10.8. The third kappa shape index (κ3) is 8.92. The fraction of sp³-hybridized carbons (Fsp3) is 0.556. The Kier molecular flexibility index (Phi) is 8.31. The summed E-state index contributed by atoms with van der Waals surface area (Å²) >= 11 is 0. The highest BCUT2D eigenvalue weighted by atomic mass is 16.6. The smallest absolute Gasteiger partial charge is 0.352 e. The van der Waals surface area contributed by atoms with Crippen molar-refractivity contribution in [3.63, 3.8) is 0 Å². The summed E-state index contributed by atoms with van der Waals surface area (Å²) in [5.41, 5.74) is 0. The van der Waals surface area contributed by atoms with Crippen molar-refractivity contribution in [2.24, 2.45) is 5.16 Å². The zero-order chi connectivity index (χ0) is 11.5. The highest BCUT2D eigenvalue weighted by Gasteiger charge is 2.07. The minimum absolute atomic E-state index is 0.0840. The summed E-state index contributed by atoms with van der Waals surface area (Å²) in [6.45, 7) is 3.72. The van der Waals surface area contributed by atoms with E-state index in [9.17, 15) is 9.90 Å². The summed E-state index contributed by atoms with van der Waals surface area (Å²) in [6, 6.07) is 0. The summed E-state index contributed by atoms with van der Waals surface area (Å²) < 4.78 is 9.55. The van der Waals surface area contributed by atoms with Gasteiger partial charge in [0.05, 0.1) is 13.2 Å². The van der Waals surface area contributed by atoms with Gasteiger partial charge < -0.3 is 19.4 Å². The summed E-state index contributed by atoms with van der Waals surface area (Å²) in [7, 11) is 1.31. The molecule has 0 saturated heterocycles. The van der Waals surface area contributed by atoms with Crippen molar-refractivity contribution in [3.05, 3.63) is 12.7 Å². The second kappa shape index (κ2) is 9.17. The number of aliphatic hydroxyl groups excluding tert-OH is 1. The van der Waals surface area contributed by atoms with Crippen LogP contribution in [0, 0.1) is 0 Å². The molecule has 0 amide bonds. The van der Waals surface area contributed by atoms with E-state index in [4.69, 9.17) is 4.74 Å². The number of nitrogens with zero attached hydrogens (tertiary/aromatic N) is 1. The molecule has 0 rings (SSSR count). The standard InChI is InChI=1S/C9H15NO5/c1-3-4-14-6-8(11)7-15-9(12)5-10-13-2/h3,5,8,11H,1,4,6-7H2,2H3. The topological polar surface area (TPSA) is 77.4 Å². The number of oxime groups is 1. The average molecular weight is 217 g/mol. The molecule has 0 aliphatic carbocycles. The van der Waals surface area contributed by atoms with Gasteiger partial charge in [0.2, 0.25) is 0 Å². The fourth-order valence-electron chi connectivity index (χ4n) is 0.647. The van der Waals surface area contributed by atoms with E-state index in [1.54, 1.807) is 6.08 Å². The molecule has 0 aliphatic rings. The van der Waals surface area contributed by atoms with E-state index >= 15 is 0 Å². The molecule has 6 nitrogen and oxygen atoms in total. The van der Waals surface area contributed by atoms with Crippen LogP contribution in [0.5, 0.6) is 0 Å². The highest BCUT2D eigenvalue weighted by Crippen LogP contribution is 1.88. The maximum Gasteiger partial charge on any atom is 0.352 e. The zero-order valence-corrected chi connectivity index (χ0v) is 8.59. The molecule has 0 aliphatic heterocycles. The van der Waals surface area contributed by atoms with Crippen molar-refractivity contribution in [2.45, 2.75) is 6.10 Å². The molecule has 1 unspecified atom stereocenters. The second-order valence-corrected chi connectivity index (χ2v) is 2.53. The normalized spacial score (nSPS) is 12.4. The Labute approximate surface area is 88.1 Å². The van der Waals surface area contributed by atoms with E-state index in [2.05, 4.69) is 21.3 Å².